The van der Waals surface area contributed by atoms with E-state index >= 15 is 0 Å². The lowest BCUT2D eigenvalue weighted by Crippen LogP contribution is -2.36. The molecule has 0 heterocycles. The minimum Gasteiger partial charge on any atom is -0.504 e. The van der Waals surface area contributed by atoms with E-state index < -0.39 is 11.9 Å². The van der Waals surface area contributed by atoms with Gasteiger partial charge >= 0.3 is 12.2 Å². The number of para-hydroxylation sites is 1. The molecule has 0 aromatic heterocycles. The second-order valence-corrected chi connectivity index (χ2v) is 7.71. The van der Waals surface area contributed by atoms with E-state index in [-0.39, 0.29) is 17.8 Å². The van der Waals surface area contributed by atoms with Crippen LogP contribution in [0.3, 0.4) is 0 Å². The monoisotopic (exact) mass is 426 g/mol. The third kappa shape index (κ3) is 5.96. The second-order valence-electron chi connectivity index (χ2n) is 6.70. The predicted molar refractivity (Wildman–Crippen MR) is 105 cm³/mol. The highest BCUT2D eigenvalue weighted by molar-refractivity contribution is 7.99. The molecule has 29 heavy (non-hydrogen) atoms. The molecule has 1 saturated carbocycles. The van der Waals surface area contributed by atoms with Crippen LogP contribution in [-0.2, 0) is 6.54 Å². The Morgan fingerprint density at radius 3 is 2.66 bits per heavy atom. The highest BCUT2D eigenvalue weighted by Crippen LogP contribution is 2.34. The summed E-state index contributed by atoms with van der Waals surface area (Å²) in [6.45, 7) is 0.297. The predicted octanol–water partition coefficient (Wildman–Crippen LogP) is 5.25. The van der Waals surface area contributed by atoms with Crippen molar-refractivity contribution in [3.05, 3.63) is 48.0 Å². The molecule has 0 radical (unpaired) electrons. The number of phenols is 1. The van der Waals surface area contributed by atoms with Gasteiger partial charge in [0.15, 0.2) is 11.5 Å². The molecule has 5 nitrogen and oxygen atoms in total. The summed E-state index contributed by atoms with van der Waals surface area (Å²) in [7, 11) is 1.44. The quantitative estimate of drug-likeness (QED) is 0.594. The van der Waals surface area contributed by atoms with Gasteiger partial charge in [-0.05, 0) is 42.7 Å². The number of phenolic OH excluding ortho intramolecular Hbond substituents is 1. The molecule has 3 rings (SSSR count). The van der Waals surface area contributed by atoms with E-state index in [4.69, 9.17) is 4.74 Å². The molecule has 1 fully saturated rings. The molecular formula is C20H21F3N2O3S. The number of hydrogen-bond donors (Lipinski definition) is 2. The van der Waals surface area contributed by atoms with Crippen LogP contribution in [0.2, 0.25) is 0 Å². The number of rotatable bonds is 7. The standard InChI is InChI=1S/C20H21F3N2O3S/c1-28-17-10-13(6-9-16(17)26)11-25(14-7-8-14)19(27)24-15-4-2-3-5-18(15)29-12-20(21,22)23/h2-6,9-10,14,26H,7-8,11-12H2,1H3,(H,24,27). The highest BCUT2D eigenvalue weighted by Gasteiger charge is 2.33. The fourth-order valence-corrected chi connectivity index (χ4v) is 3.58. The molecule has 1 aliphatic rings. The van der Waals surface area contributed by atoms with Crippen molar-refractivity contribution < 1.29 is 27.8 Å². The highest BCUT2D eigenvalue weighted by atomic mass is 32.2. The van der Waals surface area contributed by atoms with Crippen LogP contribution >= 0.6 is 11.8 Å². The van der Waals surface area contributed by atoms with E-state index in [1.54, 1.807) is 41.3 Å². The van der Waals surface area contributed by atoms with Crippen molar-refractivity contribution in [2.45, 2.75) is 36.5 Å². The second kappa shape index (κ2) is 8.86. The zero-order valence-corrected chi connectivity index (χ0v) is 16.5. The van der Waals surface area contributed by atoms with Crippen LogP contribution in [0.5, 0.6) is 11.5 Å². The van der Waals surface area contributed by atoms with Crippen LogP contribution in [0.1, 0.15) is 18.4 Å². The number of aromatic hydroxyl groups is 1. The van der Waals surface area contributed by atoms with Crippen molar-refractivity contribution in [3.8, 4) is 11.5 Å². The first-order valence-electron chi connectivity index (χ1n) is 8.99. The van der Waals surface area contributed by atoms with Gasteiger partial charge in [-0.2, -0.15) is 13.2 Å². The number of benzene rings is 2. The summed E-state index contributed by atoms with van der Waals surface area (Å²) in [5.74, 6) is -0.707. The molecule has 0 aliphatic heterocycles. The summed E-state index contributed by atoms with van der Waals surface area (Å²) < 4.78 is 42.8. The Labute approximate surface area is 170 Å². The number of carbonyl (C=O) groups is 1. The minimum absolute atomic E-state index is 0.00860. The van der Waals surface area contributed by atoms with Crippen LogP contribution in [0.4, 0.5) is 23.7 Å². The van der Waals surface area contributed by atoms with Gasteiger partial charge in [-0.25, -0.2) is 4.79 Å². The fraction of sp³-hybridized carbons (Fsp3) is 0.350. The van der Waals surface area contributed by atoms with Crippen LogP contribution in [-0.4, -0.2) is 41.1 Å². The van der Waals surface area contributed by atoms with E-state index in [1.165, 1.54) is 13.2 Å². The van der Waals surface area contributed by atoms with Crippen molar-refractivity contribution in [2.24, 2.45) is 0 Å². The lowest BCUT2D eigenvalue weighted by atomic mass is 10.2. The topological polar surface area (TPSA) is 61.8 Å². The average Bonchev–Trinajstić information content (AvgIpc) is 3.51. The van der Waals surface area contributed by atoms with Gasteiger partial charge in [0.1, 0.15) is 0 Å². The number of carbonyl (C=O) groups excluding carboxylic acids is 1. The number of urea groups is 1. The summed E-state index contributed by atoms with van der Waals surface area (Å²) in [5, 5.41) is 12.5. The summed E-state index contributed by atoms with van der Waals surface area (Å²) in [5.41, 5.74) is 1.13. The summed E-state index contributed by atoms with van der Waals surface area (Å²) in [4.78, 5) is 14.9. The molecule has 156 valence electrons. The first kappa shape index (κ1) is 21.2. The smallest absolute Gasteiger partial charge is 0.398 e. The van der Waals surface area contributed by atoms with Gasteiger partial charge < -0.3 is 20.1 Å². The normalized spacial score (nSPS) is 13.8. The van der Waals surface area contributed by atoms with Crippen molar-refractivity contribution in [1.82, 2.24) is 4.90 Å². The van der Waals surface area contributed by atoms with Crippen molar-refractivity contribution >= 4 is 23.5 Å². The van der Waals surface area contributed by atoms with Gasteiger partial charge in [0.25, 0.3) is 0 Å². The van der Waals surface area contributed by atoms with Crippen LogP contribution in [0.15, 0.2) is 47.4 Å². The zero-order valence-electron chi connectivity index (χ0n) is 15.7. The lowest BCUT2D eigenvalue weighted by molar-refractivity contribution is -0.105. The molecule has 2 amide bonds. The molecule has 2 aromatic rings. The number of halogens is 3. The Bertz CT molecular complexity index is 872. The molecule has 0 unspecified atom stereocenters. The van der Waals surface area contributed by atoms with Gasteiger partial charge in [0.05, 0.1) is 18.6 Å². The number of alkyl halides is 3. The summed E-state index contributed by atoms with van der Waals surface area (Å²) in [6, 6.07) is 11.0. The van der Waals surface area contributed by atoms with E-state index in [0.717, 1.165) is 18.4 Å². The largest absolute Gasteiger partial charge is 0.504 e. The summed E-state index contributed by atoms with van der Waals surface area (Å²) in [6.07, 6.45) is -2.56. The van der Waals surface area contributed by atoms with E-state index in [0.29, 0.717) is 34.6 Å². The van der Waals surface area contributed by atoms with Gasteiger partial charge in [-0.3, -0.25) is 0 Å². The molecule has 0 atom stereocenters. The number of thioether (sulfide) groups is 1. The third-order valence-corrected chi connectivity index (χ3v) is 5.50. The van der Waals surface area contributed by atoms with Gasteiger partial charge in [0, 0.05) is 17.5 Å². The maximum absolute atomic E-state index is 12.9. The SMILES string of the molecule is COc1cc(CN(C(=O)Nc2ccccc2SCC(F)(F)F)C2CC2)ccc1O. The molecule has 1 aliphatic carbocycles. The van der Waals surface area contributed by atoms with Crippen molar-refractivity contribution in [2.75, 3.05) is 18.2 Å². The van der Waals surface area contributed by atoms with Crippen molar-refractivity contribution in [3.63, 3.8) is 0 Å². The zero-order chi connectivity index (χ0) is 21.0. The number of anilines is 1. The van der Waals surface area contributed by atoms with Gasteiger partial charge in [0.2, 0.25) is 0 Å². The first-order chi connectivity index (χ1) is 13.8. The number of methoxy groups -OCH3 is 1. The molecule has 9 heteroatoms. The van der Waals surface area contributed by atoms with Gasteiger partial charge in [-0.15, -0.1) is 11.8 Å². The van der Waals surface area contributed by atoms with Gasteiger partial charge in [-0.1, -0.05) is 18.2 Å². The number of ether oxygens (including phenoxy) is 1. The molecule has 0 bridgehead atoms. The van der Waals surface area contributed by atoms with E-state index in [1.807, 2.05) is 0 Å². The lowest BCUT2D eigenvalue weighted by Gasteiger charge is -2.24. The molecule has 0 spiro atoms. The Morgan fingerprint density at radius 1 is 1.28 bits per heavy atom. The maximum atomic E-state index is 12.9. The number of amides is 2. The minimum atomic E-state index is -4.29. The Kier molecular flexibility index (Phi) is 6.46. The van der Waals surface area contributed by atoms with Crippen LogP contribution in [0.25, 0.3) is 0 Å². The number of nitrogens with zero attached hydrogens (tertiary/aromatic N) is 1. The van der Waals surface area contributed by atoms with Crippen LogP contribution < -0.4 is 10.1 Å². The molecule has 2 aromatic carbocycles. The van der Waals surface area contributed by atoms with E-state index in [9.17, 15) is 23.1 Å². The first-order valence-corrected chi connectivity index (χ1v) is 9.97. The summed E-state index contributed by atoms with van der Waals surface area (Å²) >= 11 is 0.640. The average molecular weight is 426 g/mol. The Hall–Kier alpha value is -2.55. The number of hydrogen-bond acceptors (Lipinski definition) is 4. The Morgan fingerprint density at radius 2 is 2.00 bits per heavy atom. The molecule has 0 saturated heterocycles. The number of nitrogens with one attached hydrogen (secondary N) is 1. The van der Waals surface area contributed by atoms with E-state index in [2.05, 4.69) is 5.32 Å². The van der Waals surface area contributed by atoms with Crippen molar-refractivity contribution in [1.29, 1.82) is 0 Å². The maximum Gasteiger partial charge on any atom is 0.398 e. The molecular weight excluding hydrogens is 405 g/mol. The molecule has 2 N–H and O–H groups in total. The third-order valence-electron chi connectivity index (χ3n) is 4.37. The Balaban J connectivity index is 1.73. The fourth-order valence-electron chi connectivity index (χ4n) is 2.81. The van der Waals surface area contributed by atoms with Crippen LogP contribution in [0, 0.1) is 0 Å².